The van der Waals surface area contributed by atoms with Gasteiger partial charge in [-0.15, -0.1) is 0 Å². The van der Waals surface area contributed by atoms with Gasteiger partial charge >= 0.3 is 0 Å². The molecule has 2 fully saturated rings. The van der Waals surface area contributed by atoms with E-state index >= 15 is 0 Å². The van der Waals surface area contributed by atoms with E-state index in [1.807, 2.05) is 0 Å². The summed E-state index contributed by atoms with van der Waals surface area (Å²) in [4.78, 5) is 12.7. The van der Waals surface area contributed by atoms with E-state index in [4.69, 9.17) is 11.5 Å². The topological polar surface area (TPSA) is 127 Å². The molecule has 2 bridgehead atoms. The minimum atomic E-state index is -3.62. The third-order valence-corrected chi connectivity index (χ3v) is 6.59. The fourth-order valence-corrected chi connectivity index (χ4v) is 5.06. The molecule has 1 aromatic carbocycles. The number of hydrogen-bond acceptors (Lipinski definition) is 5. The van der Waals surface area contributed by atoms with E-state index in [-0.39, 0.29) is 35.9 Å². The highest BCUT2D eigenvalue weighted by Crippen LogP contribution is 2.47. The van der Waals surface area contributed by atoms with Crippen LogP contribution in [0.1, 0.15) is 19.3 Å². The average Bonchev–Trinajstić information content (AvgIpc) is 3.14. The van der Waals surface area contributed by atoms with Crippen LogP contribution >= 0.6 is 0 Å². The molecule has 6 N–H and O–H groups in total. The molecule has 132 valence electrons. The number of nitrogens with one attached hydrogen (secondary N) is 2. The van der Waals surface area contributed by atoms with Gasteiger partial charge in [-0.3, -0.25) is 4.79 Å². The predicted octanol–water partition coefficient (Wildman–Crippen LogP) is 0.236. The van der Waals surface area contributed by atoms with Gasteiger partial charge in [-0.25, -0.2) is 13.1 Å². The highest BCUT2D eigenvalue weighted by molar-refractivity contribution is 7.89. The van der Waals surface area contributed by atoms with Crippen LogP contribution < -0.4 is 21.5 Å². The van der Waals surface area contributed by atoms with Gasteiger partial charge in [-0.05, 0) is 49.3 Å². The first-order valence-electron chi connectivity index (χ1n) is 8.28. The Kier molecular flexibility index (Phi) is 4.91. The van der Waals surface area contributed by atoms with Crippen LogP contribution in [0.2, 0.25) is 0 Å². The minimum absolute atomic E-state index is 0.0955. The molecule has 2 aliphatic rings. The lowest BCUT2D eigenvalue weighted by Gasteiger charge is -2.27. The van der Waals surface area contributed by atoms with E-state index in [0.29, 0.717) is 17.5 Å². The summed E-state index contributed by atoms with van der Waals surface area (Å²) in [6.07, 6.45) is 3.18. The molecule has 4 atom stereocenters. The Morgan fingerprint density at radius 3 is 2.67 bits per heavy atom. The zero-order valence-corrected chi connectivity index (χ0v) is 14.3. The smallest absolute Gasteiger partial charge is 0.240 e. The van der Waals surface area contributed by atoms with Crippen molar-refractivity contribution in [2.24, 2.45) is 29.2 Å². The first-order chi connectivity index (χ1) is 11.4. The molecule has 0 radical (unpaired) electrons. The Balaban J connectivity index is 1.72. The maximum absolute atomic E-state index is 12.6. The van der Waals surface area contributed by atoms with Crippen molar-refractivity contribution < 1.29 is 13.2 Å². The molecule has 24 heavy (non-hydrogen) atoms. The van der Waals surface area contributed by atoms with Crippen molar-refractivity contribution >= 4 is 21.6 Å². The summed E-state index contributed by atoms with van der Waals surface area (Å²) in [6.45, 7) is 0.386. The number of amides is 1. The Morgan fingerprint density at radius 2 is 2.00 bits per heavy atom. The van der Waals surface area contributed by atoms with Crippen molar-refractivity contribution in [1.29, 1.82) is 0 Å². The second kappa shape index (κ2) is 6.79. The van der Waals surface area contributed by atoms with Gasteiger partial charge < -0.3 is 16.8 Å². The number of carbonyl (C=O) groups excluding carboxylic acids is 1. The molecule has 0 spiro atoms. The molecule has 8 heteroatoms. The number of rotatable bonds is 6. The quantitative estimate of drug-likeness (QED) is 0.583. The van der Waals surface area contributed by atoms with Gasteiger partial charge in [-0.2, -0.15) is 0 Å². The molecule has 4 unspecified atom stereocenters. The number of fused-ring (bicyclic) bond motifs is 2. The van der Waals surface area contributed by atoms with E-state index in [2.05, 4.69) is 10.0 Å². The molecule has 1 aromatic rings. The first-order valence-corrected chi connectivity index (χ1v) is 9.77. The van der Waals surface area contributed by atoms with E-state index in [1.165, 1.54) is 12.1 Å². The van der Waals surface area contributed by atoms with Crippen LogP contribution in [-0.4, -0.2) is 33.5 Å². The lowest BCUT2D eigenvalue weighted by Crippen LogP contribution is -2.42. The molecule has 2 saturated carbocycles. The van der Waals surface area contributed by atoms with Gasteiger partial charge in [-0.1, -0.05) is 6.07 Å². The van der Waals surface area contributed by atoms with Crippen LogP contribution in [0.15, 0.2) is 29.2 Å². The number of nitrogens with two attached hydrogens (primary N) is 2. The zero-order valence-electron chi connectivity index (χ0n) is 13.4. The molecular formula is C16H24N4O3S. The van der Waals surface area contributed by atoms with Gasteiger partial charge in [0.05, 0.1) is 10.8 Å². The SMILES string of the molecule is NCCNS(=O)(=O)c1cccc(NC(=O)C2C3CCC(C3)C2N)c1. The summed E-state index contributed by atoms with van der Waals surface area (Å²) in [5, 5.41) is 2.83. The summed E-state index contributed by atoms with van der Waals surface area (Å²) in [6, 6.07) is 6.13. The lowest BCUT2D eigenvalue weighted by molar-refractivity contribution is -0.121. The number of carbonyl (C=O) groups is 1. The van der Waals surface area contributed by atoms with Crippen molar-refractivity contribution in [2.75, 3.05) is 18.4 Å². The molecule has 2 aliphatic carbocycles. The van der Waals surface area contributed by atoms with Crippen LogP contribution in [0, 0.1) is 17.8 Å². The molecule has 0 aromatic heterocycles. The standard InChI is InChI=1S/C16H24N4O3S/c17-6-7-19-24(22,23)13-3-1-2-12(9-13)20-16(21)14-10-4-5-11(8-10)15(14)18/h1-3,9-11,14-15,19H,4-8,17-18H2,(H,20,21). The Morgan fingerprint density at radius 1 is 1.25 bits per heavy atom. The van der Waals surface area contributed by atoms with Gasteiger partial charge in [0.15, 0.2) is 0 Å². The van der Waals surface area contributed by atoms with Gasteiger partial charge in [0.2, 0.25) is 15.9 Å². The average molecular weight is 352 g/mol. The zero-order chi connectivity index (χ0) is 17.3. The number of anilines is 1. The van der Waals surface area contributed by atoms with Crippen LogP contribution in [0.5, 0.6) is 0 Å². The Hall–Kier alpha value is -1.48. The van der Waals surface area contributed by atoms with E-state index in [0.717, 1.165) is 19.3 Å². The third-order valence-electron chi connectivity index (χ3n) is 5.13. The monoisotopic (exact) mass is 352 g/mol. The van der Waals surface area contributed by atoms with Crippen LogP contribution in [0.25, 0.3) is 0 Å². The first kappa shape index (κ1) is 17.3. The summed E-state index contributed by atoms with van der Waals surface area (Å²) < 4.78 is 26.7. The Bertz CT molecular complexity index is 720. The highest BCUT2D eigenvalue weighted by Gasteiger charge is 2.49. The minimum Gasteiger partial charge on any atom is -0.329 e. The van der Waals surface area contributed by atoms with Crippen LogP contribution in [0.3, 0.4) is 0 Å². The number of sulfonamides is 1. The fourth-order valence-electron chi connectivity index (χ4n) is 3.97. The summed E-state index contributed by atoms with van der Waals surface area (Å²) in [5.74, 6) is 0.500. The summed E-state index contributed by atoms with van der Waals surface area (Å²) in [7, 11) is -3.62. The van der Waals surface area contributed by atoms with Crippen molar-refractivity contribution in [3.63, 3.8) is 0 Å². The molecule has 0 aliphatic heterocycles. The Labute approximate surface area is 142 Å². The maximum Gasteiger partial charge on any atom is 0.240 e. The molecule has 1 amide bonds. The van der Waals surface area contributed by atoms with Crippen molar-refractivity contribution in [3.8, 4) is 0 Å². The van der Waals surface area contributed by atoms with E-state index in [9.17, 15) is 13.2 Å². The highest BCUT2D eigenvalue weighted by atomic mass is 32.2. The lowest BCUT2D eigenvalue weighted by atomic mass is 9.84. The van der Waals surface area contributed by atoms with Gasteiger partial charge in [0, 0.05) is 24.8 Å². The molecule has 7 nitrogen and oxygen atoms in total. The second-order valence-corrected chi connectivity index (χ2v) is 8.41. The normalized spacial score (nSPS) is 28.9. The van der Waals surface area contributed by atoms with Crippen molar-refractivity contribution in [2.45, 2.75) is 30.2 Å². The third kappa shape index (κ3) is 3.32. The molecule has 3 rings (SSSR count). The summed E-state index contributed by atoms with van der Waals surface area (Å²) in [5.41, 5.74) is 12.0. The second-order valence-electron chi connectivity index (χ2n) is 6.64. The van der Waals surface area contributed by atoms with Crippen molar-refractivity contribution in [1.82, 2.24) is 4.72 Å². The van der Waals surface area contributed by atoms with Gasteiger partial charge in [0.1, 0.15) is 0 Å². The molecular weight excluding hydrogens is 328 g/mol. The molecule has 0 heterocycles. The van der Waals surface area contributed by atoms with Gasteiger partial charge in [0.25, 0.3) is 0 Å². The predicted molar refractivity (Wildman–Crippen MR) is 91.6 cm³/mol. The van der Waals surface area contributed by atoms with Crippen LogP contribution in [-0.2, 0) is 14.8 Å². The van der Waals surface area contributed by atoms with Crippen LogP contribution in [0.4, 0.5) is 5.69 Å². The van der Waals surface area contributed by atoms with E-state index < -0.39 is 10.0 Å². The largest absolute Gasteiger partial charge is 0.329 e. The fraction of sp³-hybridized carbons (Fsp3) is 0.562. The molecule has 0 saturated heterocycles. The van der Waals surface area contributed by atoms with E-state index in [1.54, 1.807) is 12.1 Å². The summed E-state index contributed by atoms with van der Waals surface area (Å²) >= 11 is 0. The maximum atomic E-state index is 12.6. The number of benzene rings is 1. The van der Waals surface area contributed by atoms with Crippen molar-refractivity contribution in [3.05, 3.63) is 24.3 Å². The number of hydrogen-bond donors (Lipinski definition) is 4.